The maximum absolute atomic E-state index is 6.25. The Hall–Kier alpha value is -1.21. The molecule has 5 nitrogen and oxygen atoms in total. The standard InChI is InChI=1S/C16H19Cl2N5S/c1-22-5-7-23(8-6-22)15-10-14(20-16(21-15)24-2)19-13-4-3-11(17)9-12(13)18/h3-4,9-10H,5-8H2,1-2H3,(H,19,20,21). The van der Waals surface area contributed by atoms with Crippen molar-refractivity contribution in [2.45, 2.75) is 5.16 Å². The lowest BCUT2D eigenvalue weighted by Crippen LogP contribution is -2.44. The highest BCUT2D eigenvalue weighted by Gasteiger charge is 2.17. The number of hydrogen-bond acceptors (Lipinski definition) is 6. The highest BCUT2D eigenvalue weighted by atomic mass is 35.5. The molecule has 1 fully saturated rings. The van der Waals surface area contributed by atoms with Gasteiger partial charge >= 0.3 is 0 Å². The predicted octanol–water partition coefficient (Wildman–Crippen LogP) is 4.00. The molecular formula is C16H19Cl2N5S. The van der Waals surface area contributed by atoms with E-state index in [-0.39, 0.29) is 0 Å². The summed E-state index contributed by atoms with van der Waals surface area (Å²) in [7, 11) is 2.14. The van der Waals surface area contributed by atoms with Gasteiger partial charge in [0.1, 0.15) is 11.6 Å². The molecule has 0 saturated carbocycles. The SMILES string of the molecule is CSc1nc(Nc2ccc(Cl)cc2Cl)cc(N2CCN(C)CC2)n1. The minimum Gasteiger partial charge on any atom is -0.354 e. The smallest absolute Gasteiger partial charge is 0.191 e. The number of thioether (sulfide) groups is 1. The van der Waals surface area contributed by atoms with Crippen molar-refractivity contribution in [2.24, 2.45) is 0 Å². The number of likely N-dealkylation sites (N-methyl/N-ethyl adjacent to an activating group) is 1. The first-order valence-corrected chi connectivity index (χ1v) is 9.62. The van der Waals surface area contributed by atoms with Gasteiger partial charge in [-0.05, 0) is 31.5 Å². The maximum Gasteiger partial charge on any atom is 0.191 e. The van der Waals surface area contributed by atoms with Crippen LogP contribution in [0, 0.1) is 0 Å². The lowest BCUT2D eigenvalue weighted by molar-refractivity contribution is 0.312. The Morgan fingerprint density at radius 1 is 1.08 bits per heavy atom. The molecule has 0 atom stereocenters. The number of rotatable bonds is 4. The molecule has 1 aliphatic rings. The number of anilines is 3. The predicted molar refractivity (Wildman–Crippen MR) is 103 cm³/mol. The Morgan fingerprint density at radius 3 is 2.50 bits per heavy atom. The highest BCUT2D eigenvalue weighted by Crippen LogP contribution is 2.29. The van der Waals surface area contributed by atoms with E-state index in [9.17, 15) is 0 Å². The molecule has 8 heteroatoms. The first-order chi connectivity index (χ1) is 11.5. The molecule has 2 aromatic rings. The second-order valence-electron chi connectivity index (χ2n) is 5.64. The van der Waals surface area contributed by atoms with Gasteiger partial charge in [0, 0.05) is 37.3 Å². The number of halogens is 2. The fourth-order valence-corrected chi connectivity index (χ4v) is 3.32. The van der Waals surface area contributed by atoms with E-state index in [2.05, 4.69) is 32.1 Å². The van der Waals surface area contributed by atoms with Crippen LogP contribution in [0.2, 0.25) is 10.0 Å². The van der Waals surface area contributed by atoms with Crippen molar-refractivity contribution < 1.29 is 0 Å². The molecule has 0 amide bonds. The second kappa shape index (κ2) is 7.78. The molecule has 0 unspecified atom stereocenters. The summed E-state index contributed by atoms with van der Waals surface area (Å²) in [5.74, 6) is 1.67. The molecule has 1 saturated heterocycles. The minimum atomic E-state index is 0.563. The van der Waals surface area contributed by atoms with Crippen LogP contribution in [0.3, 0.4) is 0 Å². The first-order valence-electron chi connectivity index (χ1n) is 7.64. The van der Waals surface area contributed by atoms with Crippen molar-refractivity contribution in [2.75, 3.05) is 49.7 Å². The Kier molecular flexibility index (Phi) is 5.71. The number of piperazine rings is 1. The fourth-order valence-electron chi connectivity index (χ4n) is 2.49. The summed E-state index contributed by atoms with van der Waals surface area (Å²) >= 11 is 13.7. The van der Waals surface area contributed by atoms with Crippen LogP contribution < -0.4 is 10.2 Å². The lowest BCUT2D eigenvalue weighted by Gasteiger charge is -2.33. The number of hydrogen-bond donors (Lipinski definition) is 1. The van der Waals surface area contributed by atoms with Crippen LogP contribution in [0.1, 0.15) is 0 Å². The molecule has 0 radical (unpaired) electrons. The van der Waals surface area contributed by atoms with E-state index in [0.717, 1.165) is 48.7 Å². The van der Waals surface area contributed by atoms with Crippen LogP contribution >= 0.6 is 35.0 Å². The summed E-state index contributed by atoms with van der Waals surface area (Å²) in [6.45, 7) is 3.99. The molecule has 24 heavy (non-hydrogen) atoms. The third-order valence-electron chi connectivity index (χ3n) is 3.90. The van der Waals surface area contributed by atoms with E-state index >= 15 is 0 Å². The molecular weight excluding hydrogens is 365 g/mol. The Morgan fingerprint density at radius 2 is 1.83 bits per heavy atom. The highest BCUT2D eigenvalue weighted by molar-refractivity contribution is 7.98. The second-order valence-corrected chi connectivity index (χ2v) is 7.25. The zero-order chi connectivity index (χ0) is 17.1. The molecule has 1 aliphatic heterocycles. The molecule has 0 spiro atoms. The minimum absolute atomic E-state index is 0.563. The van der Waals surface area contributed by atoms with Crippen molar-refractivity contribution in [3.63, 3.8) is 0 Å². The average molecular weight is 384 g/mol. The third kappa shape index (κ3) is 4.25. The van der Waals surface area contributed by atoms with Gasteiger partial charge in [0.25, 0.3) is 0 Å². The number of benzene rings is 1. The van der Waals surface area contributed by atoms with Gasteiger partial charge in [-0.25, -0.2) is 9.97 Å². The van der Waals surface area contributed by atoms with Gasteiger partial charge in [-0.2, -0.15) is 0 Å². The van der Waals surface area contributed by atoms with Gasteiger partial charge in [0.05, 0.1) is 10.7 Å². The molecule has 128 valence electrons. The van der Waals surface area contributed by atoms with Crippen molar-refractivity contribution in [3.05, 3.63) is 34.3 Å². The van der Waals surface area contributed by atoms with Crippen LogP contribution in [-0.4, -0.2) is 54.4 Å². The summed E-state index contributed by atoms with van der Waals surface area (Å²) < 4.78 is 0. The normalized spacial score (nSPS) is 15.6. The molecule has 1 N–H and O–H groups in total. The Balaban J connectivity index is 1.86. The zero-order valence-corrected chi connectivity index (χ0v) is 15.9. The van der Waals surface area contributed by atoms with Crippen LogP contribution in [0.15, 0.2) is 29.4 Å². The Labute approximate surface area is 156 Å². The van der Waals surface area contributed by atoms with Crippen LogP contribution in [0.5, 0.6) is 0 Å². The summed E-state index contributed by atoms with van der Waals surface area (Å²) in [6, 6.07) is 7.33. The summed E-state index contributed by atoms with van der Waals surface area (Å²) in [6.07, 6.45) is 1.97. The maximum atomic E-state index is 6.25. The van der Waals surface area contributed by atoms with Gasteiger partial charge in [-0.3, -0.25) is 0 Å². The van der Waals surface area contributed by atoms with E-state index in [1.165, 1.54) is 11.8 Å². The van der Waals surface area contributed by atoms with E-state index in [0.29, 0.717) is 10.0 Å². The number of nitrogens with one attached hydrogen (secondary N) is 1. The molecule has 2 heterocycles. The van der Waals surface area contributed by atoms with Crippen molar-refractivity contribution in [1.29, 1.82) is 0 Å². The molecule has 1 aromatic heterocycles. The summed E-state index contributed by atoms with van der Waals surface area (Å²) in [4.78, 5) is 13.8. The topological polar surface area (TPSA) is 44.3 Å². The van der Waals surface area contributed by atoms with Crippen molar-refractivity contribution in [3.8, 4) is 0 Å². The quantitative estimate of drug-likeness (QED) is 0.635. The van der Waals surface area contributed by atoms with Crippen LogP contribution in [0.25, 0.3) is 0 Å². The monoisotopic (exact) mass is 383 g/mol. The van der Waals surface area contributed by atoms with Crippen LogP contribution in [0.4, 0.5) is 17.3 Å². The summed E-state index contributed by atoms with van der Waals surface area (Å²) in [5, 5.41) is 5.18. The van der Waals surface area contributed by atoms with E-state index in [1.807, 2.05) is 18.4 Å². The molecule has 1 aromatic carbocycles. The van der Waals surface area contributed by atoms with Gasteiger partial charge < -0.3 is 15.1 Å². The van der Waals surface area contributed by atoms with Crippen LogP contribution in [-0.2, 0) is 0 Å². The molecule has 3 rings (SSSR count). The lowest BCUT2D eigenvalue weighted by atomic mass is 10.3. The van der Waals surface area contributed by atoms with Crippen molar-refractivity contribution >= 4 is 52.3 Å². The first kappa shape index (κ1) is 17.6. The molecule has 0 bridgehead atoms. The van der Waals surface area contributed by atoms with Gasteiger partial charge in [-0.15, -0.1) is 0 Å². The number of nitrogens with zero attached hydrogens (tertiary/aromatic N) is 4. The Bertz CT molecular complexity index is 720. The van der Waals surface area contributed by atoms with Crippen molar-refractivity contribution in [1.82, 2.24) is 14.9 Å². The number of aromatic nitrogens is 2. The third-order valence-corrected chi connectivity index (χ3v) is 4.99. The average Bonchev–Trinajstić information content (AvgIpc) is 2.58. The summed E-state index contributed by atoms with van der Waals surface area (Å²) in [5.41, 5.74) is 0.774. The van der Waals surface area contributed by atoms with Gasteiger partial charge in [0.15, 0.2) is 5.16 Å². The van der Waals surface area contributed by atoms with E-state index < -0.39 is 0 Å². The zero-order valence-electron chi connectivity index (χ0n) is 13.6. The van der Waals surface area contributed by atoms with E-state index in [4.69, 9.17) is 23.2 Å². The van der Waals surface area contributed by atoms with E-state index in [1.54, 1.807) is 12.1 Å². The largest absolute Gasteiger partial charge is 0.354 e. The fraction of sp³-hybridized carbons (Fsp3) is 0.375. The van der Waals surface area contributed by atoms with Gasteiger partial charge in [0.2, 0.25) is 0 Å². The van der Waals surface area contributed by atoms with Gasteiger partial charge in [-0.1, -0.05) is 35.0 Å². The molecule has 0 aliphatic carbocycles.